The van der Waals surface area contributed by atoms with Crippen LogP contribution < -0.4 is 10.6 Å². The highest BCUT2D eigenvalue weighted by Crippen LogP contribution is 2.29. The number of alkyl carbamates (subject to hydrolysis) is 1. The molecular weight excluding hydrogens is 442 g/mol. The van der Waals surface area contributed by atoms with Crippen molar-refractivity contribution in [2.75, 3.05) is 18.4 Å². The van der Waals surface area contributed by atoms with Crippen molar-refractivity contribution < 1.29 is 19.1 Å². The maximum atomic E-state index is 13.5. The molecule has 178 valence electrons. The van der Waals surface area contributed by atoms with Gasteiger partial charge < -0.3 is 20.3 Å². The molecule has 0 saturated heterocycles. The number of benzene rings is 2. The molecule has 8 heteroatoms. The number of amides is 3. The third-order valence-electron chi connectivity index (χ3n) is 4.87. The third kappa shape index (κ3) is 7.49. The molecule has 1 atom stereocenters. The highest BCUT2D eigenvalue weighted by molar-refractivity contribution is 6.34. The van der Waals surface area contributed by atoms with Crippen LogP contribution in [0.3, 0.4) is 0 Å². The van der Waals surface area contributed by atoms with E-state index in [1.165, 1.54) is 4.90 Å². The summed E-state index contributed by atoms with van der Waals surface area (Å²) in [5.74, 6) is -0.817. The summed E-state index contributed by atoms with van der Waals surface area (Å²) in [6, 6.07) is 11.8. The molecule has 0 bridgehead atoms. The van der Waals surface area contributed by atoms with Crippen molar-refractivity contribution in [3.63, 3.8) is 0 Å². The summed E-state index contributed by atoms with van der Waals surface area (Å²) in [5.41, 5.74) is 2.29. The van der Waals surface area contributed by atoms with E-state index in [1.54, 1.807) is 39.8 Å². The summed E-state index contributed by atoms with van der Waals surface area (Å²) in [6.45, 7) is 10.7. The fourth-order valence-corrected chi connectivity index (χ4v) is 3.54. The summed E-state index contributed by atoms with van der Waals surface area (Å²) in [5, 5.41) is 5.76. The average molecular weight is 474 g/mol. The Bertz CT molecular complexity index is 979. The van der Waals surface area contributed by atoms with Crippen LogP contribution in [-0.4, -0.2) is 41.5 Å². The molecule has 0 heterocycles. The molecule has 2 aromatic rings. The van der Waals surface area contributed by atoms with Gasteiger partial charge in [-0.3, -0.25) is 9.59 Å². The molecule has 0 aliphatic carbocycles. The van der Waals surface area contributed by atoms with Crippen LogP contribution >= 0.6 is 11.6 Å². The van der Waals surface area contributed by atoms with Crippen molar-refractivity contribution in [3.05, 3.63) is 64.2 Å². The maximum absolute atomic E-state index is 13.5. The fraction of sp³-hybridized carbons (Fsp3) is 0.400. The number of halogens is 1. The average Bonchev–Trinajstić information content (AvgIpc) is 2.72. The molecule has 0 spiro atoms. The largest absolute Gasteiger partial charge is 0.444 e. The first-order chi connectivity index (χ1) is 15.4. The molecule has 2 aromatic carbocycles. The first-order valence-electron chi connectivity index (χ1n) is 10.8. The van der Waals surface area contributed by atoms with Crippen LogP contribution in [0.5, 0.6) is 0 Å². The lowest BCUT2D eigenvalue weighted by Crippen LogP contribution is -2.46. The van der Waals surface area contributed by atoms with E-state index in [0.29, 0.717) is 16.3 Å². The quantitative estimate of drug-likeness (QED) is 0.591. The third-order valence-corrected chi connectivity index (χ3v) is 5.18. The van der Waals surface area contributed by atoms with Gasteiger partial charge in [-0.2, -0.15) is 0 Å². The second kappa shape index (κ2) is 11.2. The van der Waals surface area contributed by atoms with Crippen LogP contribution in [0.25, 0.3) is 0 Å². The first-order valence-corrected chi connectivity index (χ1v) is 11.2. The van der Waals surface area contributed by atoms with E-state index in [-0.39, 0.29) is 13.1 Å². The van der Waals surface area contributed by atoms with Crippen LogP contribution in [-0.2, 0) is 14.3 Å². The van der Waals surface area contributed by atoms with Gasteiger partial charge in [-0.25, -0.2) is 4.79 Å². The van der Waals surface area contributed by atoms with E-state index in [0.717, 1.165) is 11.1 Å². The molecule has 3 amide bonds. The van der Waals surface area contributed by atoms with E-state index < -0.39 is 29.6 Å². The number of ether oxygens (including phenoxy) is 1. The van der Waals surface area contributed by atoms with Gasteiger partial charge >= 0.3 is 6.09 Å². The van der Waals surface area contributed by atoms with Gasteiger partial charge in [0.15, 0.2) is 0 Å². The standard InChI is InChI=1S/C25H32ClN3O4/c1-7-29(20(30)15-27-24(32)33-25(4,5)6)22(18-13-11-16(2)12-14-18)23(31)28-21-17(3)9-8-10-19(21)26/h8-14,22H,7,15H2,1-6H3,(H,27,32)(H,28,31). The highest BCUT2D eigenvalue weighted by atomic mass is 35.5. The Balaban J connectivity index is 2.31. The van der Waals surface area contributed by atoms with Crippen LogP contribution in [0.15, 0.2) is 42.5 Å². The minimum Gasteiger partial charge on any atom is -0.444 e. The topological polar surface area (TPSA) is 87.7 Å². The minimum atomic E-state index is -0.917. The lowest BCUT2D eigenvalue weighted by atomic mass is 10.0. The number of likely N-dealkylation sites (N-methyl/N-ethyl adjacent to an activating group) is 1. The SMILES string of the molecule is CCN(C(=O)CNC(=O)OC(C)(C)C)C(C(=O)Nc1c(C)cccc1Cl)c1ccc(C)cc1. The zero-order chi connectivity index (χ0) is 24.8. The summed E-state index contributed by atoms with van der Waals surface area (Å²) in [6.07, 6.45) is -0.699. The molecule has 0 aromatic heterocycles. The van der Waals surface area contributed by atoms with E-state index in [2.05, 4.69) is 10.6 Å². The zero-order valence-corrected chi connectivity index (χ0v) is 20.7. The number of para-hydroxylation sites is 1. The van der Waals surface area contributed by atoms with E-state index in [1.807, 2.05) is 44.2 Å². The van der Waals surface area contributed by atoms with Crippen LogP contribution in [0.1, 0.15) is 50.4 Å². The van der Waals surface area contributed by atoms with Gasteiger partial charge in [0, 0.05) is 6.54 Å². The number of carbonyl (C=O) groups excluding carboxylic acids is 3. The van der Waals surface area contributed by atoms with Crippen molar-refractivity contribution in [2.24, 2.45) is 0 Å². The molecule has 0 radical (unpaired) electrons. The second-order valence-electron chi connectivity index (χ2n) is 8.77. The Morgan fingerprint density at radius 3 is 2.24 bits per heavy atom. The van der Waals surface area contributed by atoms with Crippen molar-refractivity contribution in [1.82, 2.24) is 10.2 Å². The van der Waals surface area contributed by atoms with Gasteiger partial charge in [0.1, 0.15) is 18.2 Å². The number of hydrogen-bond acceptors (Lipinski definition) is 4. The van der Waals surface area contributed by atoms with E-state index >= 15 is 0 Å². The lowest BCUT2D eigenvalue weighted by Gasteiger charge is -2.31. The lowest BCUT2D eigenvalue weighted by molar-refractivity contribution is -0.138. The Labute approximate surface area is 200 Å². The summed E-state index contributed by atoms with van der Waals surface area (Å²) in [7, 11) is 0. The van der Waals surface area contributed by atoms with Crippen LogP contribution in [0.2, 0.25) is 5.02 Å². The first kappa shape index (κ1) is 26.2. The Morgan fingerprint density at radius 1 is 1.06 bits per heavy atom. The zero-order valence-electron chi connectivity index (χ0n) is 20.0. The van der Waals surface area contributed by atoms with E-state index in [4.69, 9.17) is 16.3 Å². The van der Waals surface area contributed by atoms with Crippen molar-refractivity contribution in [1.29, 1.82) is 0 Å². The van der Waals surface area contributed by atoms with Crippen molar-refractivity contribution in [3.8, 4) is 0 Å². The highest BCUT2D eigenvalue weighted by Gasteiger charge is 2.31. The molecule has 0 saturated carbocycles. The van der Waals surface area contributed by atoms with Crippen molar-refractivity contribution in [2.45, 2.75) is 53.2 Å². The number of carbonyl (C=O) groups is 3. The predicted molar refractivity (Wildman–Crippen MR) is 130 cm³/mol. The molecule has 7 nitrogen and oxygen atoms in total. The smallest absolute Gasteiger partial charge is 0.408 e. The molecule has 1 unspecified atom stereocenters. The second-order valence-corrected chi connectivity index (χ2v) is 9.18. The van der Waals surface area contributed by atoms with Gasteiger partial charge in [0.05, 0.1) is 10.7 Å². The van der Waals surface area contributed by atoms with Crippen LogP contribution in [0, 0.1) is 13.8 Å². The monoisotopic (exact) mass is 473 g/mol. The number of nitrogens with zero attached hydrogens (tertiary/aromatic N) is 1. The maximum Gasteiger partial charge on any atom is 0.408 e. The Hall–Kier alpha value is -3.06. The normalized spacial score (nSPS) is 12.0. The van der Waals surface area contributed by atoms with Crippen molar-refractivity contribution >= 4 is 35.2 Å². The van der Waals surface area contributed by atoms with Crippen LogP contribution in [0.4, 0.5) is 10.5 Å². The molecule has 0 aliphatic rings. The minimum absolute atomic E-state index is 0.252. The van der Waals surface area contributed by atoms with Gasteiger partial charge in [-0.05, 0) is 58.7 Å². The van der Waals surface area contributed by atoms with Gasteiger partial charge in [0.2, 0.25) is 5.91 Å². The van der Waals surface area contributed by atoms with Gasteiger partial charge in [-0.15, -0.1) is 0 Å². The predicted octanol–water partition coefficient (Wildman–Crippen LogP) is 5.01. The number of aryl methyl sites for hydroxylation is 2. The number of hydrogen-bond donors (Lipinski definition) is 2. The van der Waals surface area contributed by atoms with Gasteiger partial charge in [0.25, 0.3) is 5.91 Å². The number of rotatable bonds is 7. The summed E-state index contributed by atoms with van der Waals surface area (Å²) >= 11 is 6.30. The molecule has 0 fully saturated rings. The van der Waals surface area contributed by atoms with E-state index in [9.17, 15) is 14.4 Å². The molecule has 2 N–H and O–H groups in total. The summed E-state index contributed by atoms with van der Waals surface area (Å²) in [4.78, 5) is 39.9. The molecular formula is C25H32ClN3O4. The number of nitrogens with one attached hydrogen (secondary N) is 2. The molecule has 33 heavy (non-hydrogen) atoms. The Kier molecular flexibility index (Phi) is 8.88. The van der Waals surface area contributed by atoms with Gasteiger partial charge in [-0.1, -0.05) is 53.6 Å². The Morgan fingerprint density at radius 2 is 1.70 bits per heavy atom. The number of anilines is 1. The molecule has 2 rings (SSSR count). The summed E-state index contributed by atoms with van der Waals surface area (Å²) < 4.78 is 5.20. The fourth-order valence-electron chi connectivity index (χ4n) is 3.27. The molecule has 0 aliphatic heterocycles.